The fourth-order valence-electron chi connectivity index (χ4n) is 1.95. The third-order valence-corrected chi connectivity index (χ3v) is 3.51. The predicted octanol–water partition coefficient (Wildman–Crippen LogP) is 2.08. The predicted molar refractivity (Wildman–Crippen MR) is 66.3 cm³/mol. The molecule has 1 N–H and O–H groups in total. The molecule has 0 saturated carbocycles. The minimum atomic E-state index is 0.104. The summed E-state index contributed by atoms with van der Waals surface area (Å²) >= 11 is 1.73. The molecule has 1 unspecified atom stereocenters. The van der Waals surface area contributed by atoms with Gasteiger partial charge in [-0.05, 0) is 18.4 Å². The van der Waals surface area contributed by atoms with E-state index in [2.05, 4.69) is 17.6 Å². The smallest absolute Gasteiger partial charge is 0.125 e. The van der Waals surface area contributed by atoms with Gasteiger partial charge in [0.1, 0.15) is 5.75 Å². The zero-order valence-electron chi connectivity index (χ0n) is 9.66. The molecule has 16 heavy (non-hydrogen) atoms. The van der Waals surface area contributed by atoms with Crippen LogP contribution < -0.4 is 10.1 Å². The van der Waals surface area contributed by atoms with E-state index in [4.69, 9.17) is 9.47 Å². The van der Waals surface area contributed by atoms with Crippen LogP contribution in [-0.4, -0.2) is 33.1 Å². The van der Waals surface area contributed by atoms with Gasteiger partial charge in [0.05, 0.1) is 19.8 Å². The molecule has 88 valence electrons. The van der Waals surface area contributed by atoms with E-state index in [1.807, 2.05) is 12.1 Å². The van der Waals surface area contributed by atoms with Gasteiger partial charge in [-0.3, -0.25) is 0 Å². The molecule has 0 amide bonds. The van der Waals surface area contributed by atoms with Crippen molar-refractivity contribution in [3.05, 3.63) is 23.8 Å². The van der Waals surface area contributed by atoms with Crippen molar-refractivity contribution in [2.75, 3.05) is 33.1 Å². The Balaban J connectivity index is 2.34. The van der Waals surface area contributed by atoms with Gasteiger partial charge in [-0.1, -0.05) is 6.07 Å². The summed E-state index contributed by atoms with van der Waals surface area (Å²) in [7, 11) is 1.71. The molecule has 1 aliphatic heterocycles. The standard InChI is InChI=1S/C12H17NO2S/c1-14-9-4-3-5-11(16-2)12(9)10-8-13-6-7-15-10/h3-5,10,13H,6-8H2,1-2H3. The number of thioether (sulfide) groups is 1. The summed E-state index contributed by atoms with van der Waals surface area (Å²) in [5.74, 6) is 0.917. The van der Waals surface area contributed by atoms with Crippen LogP contribution in [0.25, 0.3) is 0 Å². The summed E-state index contributed by atoms with van der Waals surface area (Å²) in [5, 5.41) is 3.35. The molecule has 3 nitrogen and oxygen atoms in total. The van der Waals surface area contributed by atoms with Crippen LogP contribution in [0.1, 0.15) is 11.7 Å². The van der Waals surface area contributed by atoms with Crippen LogP contribution in [-0.2, 0) is 4.74 Å². The van der Waals surface area contributed by atoms with Gasteiger partial charge in [0.25, 0.3) is 0 Å². The van der Waals surface area contributed by atoms with E-state index in [1.54, 1.807) is 18.9 Å². The first-order valence-corrected chi connectivity index (χ1v) is 6.62. The Bertz CT molecular complexity index is 329. The second kappa shape index (κ2) is 5.57. The SMILES string of the molecule is COc1cccc(SC)c1C1CNCCO1. The van der Waals surface area contributed by atoms with Crippen LogP contribution >= 0.6 is 11.8 Å². The summed E-state index contributed by atoms with van der Waals surface area (Å²) < 4.78 is 11.2. The average molecular weight is 239 g/mol. The van der Waals surface area contributed by atoms with E-state index < -0.39 is 0 Å². The number of nitrogens with one attached hydrogen (secondary N) is 1. The highest BCUT2D eigenvalue weighted by atomic mass is 32.2. The Labute approximate surface area is 101 Å². The van der Waals surface area contributed by atoms with Crippen molar-refractivity contribution >= 4 is 11.8 Å². The molecule has 0 bridgehead atoms. The van der Waals surface area contributed by atoms with E-state index in [-0.39, 0.29) is 6.10 Å². The molecule has 1 heterocycles. The topological polar surface area (TPSA) is 30.5 Å². The van der Waals surface area contributed by atoms with Gasteiger partial charge in [0, 0.05) is 23.5 Å². The fourth-order valence-corrected chi connectivity index (χ4v) is 2.61. The summed E-state index contributed by atoms with van der Waals surface area (Å²) in [6.07, 6.45) is 2.18. The lowest BCUT2D eigenvalue weighted by Gasteiger charge is -2.26. The van der Waals surface area contributed by atoms with Crippen molar-refractivity contribution in [2.24, 2.45) is 0 Å². The lowest BCUT2D eigenvalue weighted by Crippen LogP contribution is -2.33. The molecule has 1 aliphatic rings. The second-order valence-electron chi connectivity index (χ2n) is 3.64. The van der Waals surface area contributed by atoms with Gasteiger partial charge in [0.2, 0.25) is 0 Å². The summed E-state index contributed by atoms with van der Waals surface area (Å²) in [6, 6.07) is 6.12. The molecule has 1 aromatic carbocycles. The number of benzene rings is 1. The highest BCUT2D eigenvalue weighted by molar-refractivity contribution is 7.98. The number of hydrogen-bond acceptors (Lipinski definition) is 4. The van der Waals surface area contributed by atoms with Crippen molar-refractivity contribution in [3.63, 3.8) is 0 Å². The van der Waals surface area contributed by atoms with Gasteiger partial charge < -0.3 is 14.8 Å². The van der Waals surface area contributed by atoms with Gasteiger partial charge >= 0.3 is 0 Å². The van der Waals surface area contributed by atoms with Crippen LogP contribution in [0.2, 0.25) is 0 Å². The number of hydrogen-bond donors (Lipinski definition) is 1. The Morgan fingerprint density at radius 3 is 3.00 bits per heavy atom. The lowest BCUT2D eigenvalue weighted by molar-refractivity contribution is 0.0246. The normalized spacial score (nSPS) is 20.8. The maximum Gasteiger partial charge on any atom is 0.125 e. The maximum absolute atomic E-state index is 5.79. The van der Waals surface area contributed by atoms with Crippen LogP contribution in [0.4, 0.5) is 0 Å². The van der Waals surface area contributed by atoms with Gasteiger partial charge in [0.15, 0.2) is 0 Å². The van der Waals surface area contributed by atoms with Crippen LogP contribution in [0.5, 0.6) is 5.75 Å². The van der Waals surface area contributed by atoms with E-state index in [0.717, 1.165) is 25.4 Å². The highest BCUT2D eigenvalue weighted by Crippen LogP contribution is 2.35. The van der Waals surface area contributed by atoms with Crippen molar-refractivity contribution in [2.45, 2.75) is 11.0 Å². The first-order chi connectivity index (χ1) is 7.86. The van der Waals surface area contributed by atoms with E-state index in [1.165, 1.54) is 10.5 Å². The van der Waals surface area contributed by atoms with Crippen molar-refractivity contribution in [1.29, 1.82) is 0 Å². The zero-order valence-corrected chi connectivity index (χ0v) is 10.5. The monoisotopic (exact) mass is 239 g/mol. The second-order valence-corrected chi connectivity index (χ2v) is 4.49. The molecule has 1 fully saturated rings. The molecular weight excluding hydrogens is 222 g/mol. The summed E-state index contributed by atoms with van der Waals surface area (Å²) in [6.45, 7) is 2.55. The van der Waals surface area contributed by atoms with Gasteiger partial charge in [-0.2, -0.15) is 0 Å². The van der Waals surface area contributed by atoms with E-state index >= 15 is 0 Å². The number of ether oxygens (including phenoxy) is 2. The maximum atomic E-state index is 5.79. The molecule has 0 radical (unpaired) electrons. The molecular formula is C12H17NO2S. The molecule has 1 saturated heterocycles. The quantitative estimate of drug-likeness (QED) is 0.818. The van der Waals surface area contributed by atoms with Crippen molar-refractivity contribution < 1.29 is 9.47 Å². The first kappa shape index (κ1) is 11.8. The van der Waals surface area contributed by atoms with Gasteiger partial charge in [-0.25, -0.2) is 0 Å². The van der Waals surface area contributed by atoms with E-state index in [9.17, 15) is 0 Å². The van der Waals surface area contributed by atoms with Crippen LogP contribution in [0, 0.1) is 0 Å². The van der Waals surface area contributed by atoms with Crippen molar-refractivity contribution in [1.82, 2.24) is 5.32 Å². The van der Waals surface area contributed by atoms with Gasteiger partial charge in [-0.15, -0.1) is 11.8 Å². The molecule has 4 heteroatoms. The summed E-state index contributed by atoms with van der Waals surface area (Å²) in [4.78, 5) is 1.23. The van der Waals surface area contributed by atoms with Crippen LogP contribution in [0.15, 0.2) is 23.1 Å². The zero-order chi connectivity index (χ0) is 11.4. The van der Waals surface area contributed by atoms with Crippen LogP contribution in [0.3, 0.4) is 0 Å². The lowest BCUT2D eigenvalue weighted by atomic mass is 10.1. The Morgan fingerprint density at radius 1 is 1.50 bits per heavy atom. The minimum absolute atomic E-state index is 0.104. The number of rotatable bonds is 3. The van der Waals surface area contributed by atoms with E-state index in [0.29, 0.717) is 0 Å². The minimum Gasteiger partial charge on any atom is -0.496 e. The highest BCUT2D eigenvalue weighted by Gasteiger charge is 2.22. The Hall–Kier alpha value is -0.710. The Morgan fingerprint density at radius 2 is 2.38 bits per heavy atom. The Kier molecular flexibility index (Phi) is 4.09. The molecule has 1 atom stereocenters. The number of morpholine rings is 1. The first-order valence-electron chi connectivity index (χ1n) is 5.40. The summed E-state index contributed by atoms with van der Waals surface area (Å²) in [5.41, 5.74) is 1.17. The molecule has 2 rings (SSSR count). The molecule has 0 aromatic heterocycles. The largest absolute Gasteiger partial charge is 0.496 e. The fraction of sp³-hybridized carbons (Fsp3) is 0.500. The number of methoxy groups -OCH3 is 1. The molecule has 1 aromatic rings. The molecule has 0 spiro atoms. The third kappa shape index (κ3) is 2.34. The van der Waals surface area contributed by atoms with Crippen molar-refractivity contribution in [3.8, 4) is 5.75 Å². The third-order valence-electron chi connectivity index (χ3n) is 2.72. The molecule has 0 aliphatic carbocycles. The average Bonchev–Trinajstić information content (AvgIpc) is 2.38.